The first-order chi connectivity index (χ1) is 15.9. The second kappa shape index (κ2) is 9.94. The molecule has 0 unspecified atom stereocenters. The minimum Gasteiger partial charge on any atom is -0.366 e. The summed E-state index contributed by atoms with van der Waals surface area (Å²) < 4.78 is 0. The van der Waals surface area contributed by atoms with Crippen LogP contribution in [0.4, 0.5) is 11.4 Å². The minimum atomic E-state index is -0.422. The van der Waals surface area contributed by atoms with Gasteiger partial charge < -0.3 is 20.9 Å². The van der Waals surface area contributed by atoms with Crippen LogP contribution in [0.2, 0.25) is 0 Å². The van der Waals surface area contributed by atoms with Gasteiger partial charge in [0, 0.05) is 48.3 Å². The maximum absolute atomic E-state index is 11.8. The second-order valence-electron chi connectivity index (χ2n) is 9.01. The zero-order valence-electron chi connectivity index (χ0n) is 19.4. The van der Waals surface area contributed by atoms with E-state index >= 15 is 0 Å². The molecular formula is C27H32N4O2. The van der Waals surface area contributed by atoms with Crippen LogP contribution in [0.25, 0.3) is 11.3 Å². The highest BCUT2D eigenvalue weighted by Crippen LogP contribution is 2.35. The van der Waals surface area contributed by atoms with Gasteiger partial charge in [0.25, 0.3) is 5.91 Å². The van der Waals surface area contributed by atoms with Gasteiger partial charge in [0.15, 0.2) is 0 Å². The number of benzene rings is 2. The molecule has 4 rings (SSSR count). The molecule has 2 aromatic carbocycles. The van der Waals surface area contributed by atoms with E-state index in [2.05, 4.69) is 45.5 Å². The molecule has 2 amide bonds. The van der Waals surface area contributed by atoms with Gasteiger partial charge in [-0.05, 0) is 55.5 Å². The molecule has 172 valence electrons. The van der Waals surface area contributed by atoms with Gasteiger partial charge in [0.1, 0.15) is 0 Å². The van der Waals surface area contributed by atoms with Crippen LogP contribution >= 0.6 is 0 Å². The number of rotatable bonds is 8. The van der Waals surface area contributed by atoms with E-state index in [1.54, 1.807) is 0 Å². The third kappa shape index (κ3) is 5.45. The molecule has 0 bridgehead atoms. The SMILES string of the molecule is CC(=O)Nc1ccc(CN(CC2CCCC2)c2ccccc2-c2cc(C(N)=O)c(C)[nH]2)cc1. The second-order valence-corrected chi connectivity index (χ2v) is 9.01. The molecule has 0 atom stereocenters. The Bertz CT molecular complexity index is 1130. The first kappa shape index (κ1) is 22.6. The fourth-order valence-electron chi connectivity index (χ4n) is 4.81. The van der Waals surface area contributed by atoms with E-state index < -0.39 is 5.91 Å². The molecule has 6 heteroatoms. The van der Waals surface area contributed by atoms with Gasteiger partial charge in [-0.2, -0.15) is 0 Å². The predicted octanol–water partition coefficient (Wildman–Crippen LogP) is 5.24. The fraction of sp³-hybridized carbons (Fsp3) is 0.333. The van der Waals surface area contributed by atoms with E-state index in [0.717, 1.165) is 41.4 Å². The van der Waals surface area contributed by atoms with Crippen molar-refractivity contribution in [2.24, 2.45) is 11.7 Å². The number of nitrogens with two attached hydrogens (primary N) is 1. The lowest BCUT2D eigenvalue weighted by Crippen LogP contribution is -2.28. The fourth-order valence-corrected chi connectivity index (χ4v) is 4.81. The number of carbonyl (C=O) groups is 2. The van der Waals surface area contributed by atoms with Crippen molar-refractivity contribution < 1.29 is 9.59 Å². The number of hydrogen-bond donors (Lipinski definition) is 3. The van der Waals surface area contributed by atoms with Crippen molar-refractivity contribution in [1.82, 2.24) is 4.98 Å². The number of aryl methyl sites for hydroxylation is 1. The number of amides is 2. The normalized spacial score (nSPS) is 13.8. The smallest absolute Gasteiger partial charge is 0.250 e. The van der Waals surface area contributed by atoms with Gasteiger partial charge in [-0.1, -0.05) is 43.2 Å². The summed E-state index contributed by atoms with van der Waals surface area (Å²) in [6, 6.07) is 18.2. The molecule has 0 radical (unpaired) electrons. The highest BCUT2D eigenvalue weighted by Gasteiger charge is 2.22. The molecule has 0 saturated heterocycles. The van der Waals surface area contributed by atoms with E-state index in [9.17, 15) is 9.59 Å². The number of aromatic amines is 1. The number of primary amides is 1. The maximum atomic E-state index is 11.8. The Morgan fingerprint density at radius 1 is 1.09 bits per heavy atom. The van der Waals surface area contributed by atoms with Crippen molar-refractivity contribution in [1.29, 1.82) is 0 Å². The average molecular weight is 445 g/mol. The van der Waals surface area contributed by atoms with Crippen LogP contribution in [0.5, 0.6) is 0 Å². The van der Waals surface area contributed by atoms with Crippen LogP contribution in [0, 0.1) is 12.8 Å². The molecule has 0 spiro atoms. The van der Waals surface area contributed by atoms with Crippen molar-refractivity contribution in [3.8, 4) is 11.3 Å². The van der Waals surface area contributed by atoms with Crippen LogP contribution in [0.15, 0.2) is 54.6 Å². The molecule has 1 aromatic heterocycles. The predicted molar refractivity (Wildman–Crippen MR) is 133 cm³/mol. The lowest BCUT2D eigenvalue weighted by molar-refractivity contribution is -0.114. The monoisotopic (exact) mass is 444 g/mol. The zero-order valence-corrected chi connectivity index (χ0v) is 19.4. The van der Waals surface area contributed by atoms with Gasteiger partial charge in [-0.3, -0.25) is 9.59 Å². The minimum absolute atomic E-state index is 0.0730. The quantitative estimate of drug-likeness (QED) is 0.443. The van der Waals surface area contributed by atoms with Crippen molar-refractivity contribution >= 4 is 23.2 Å². The number of anilines is 2. The van der Waals surface area contributed by atoms with Crippen molar-refractivity contribution in [3.63, 3.8) is 0 Å². The molecule has 1 aliphatic carbocycles. The highest BCUT2D eigenvalue weighted by atomic mass is 16.1. The third-order valence-corrected chi connectivity index (χ3v) is 6.42. The number of para-hydroxylation sites is 1. The Kier molecular flexibility index (Phi) is 6.82. The van der Waals surface area contributed by atoms with E-state index in [0.29, 0.717) is 11.5 Å². The average Bonchev–Trinajstić information content (AvgIpc) is 3.44. The first-order valence-corrected chi connectivity index (χ1v) is 11.6. The Hall–Kier alpha value is -3.54. The maximum Gasteiger partial charge on any atom is 0.250 e. The molecule has 33 heavy (non-hydrogen) atoms. The summed E-state index contributed by atoms with van der Waals surface area (Å²) in [4.78, 5) is 29.0. The van der Waals surface area contributed by atoms with Gasteiger partial charge >= 0.3 is 0 Å². The number of hydrogen-bond acceptors (Lipinski definition) is 3. The van der Waals surface area contributed by atoms with Gasteiger partial charge in [0.2, 0.25) is 5.91 Å². The lowest BCUT2D eigenvalue weighted by Gasteiger charge is -2.30. The molecular weight excluding hydrogens is 412 g/mol. The molecule has 0 aliphatic heterocycles. The molecule has 1 saturated carbocycles. The molecule has 1 heterocycles. The van der Waals surface area contributed by atoms with Gasteiger partial charge in [-0.25, -0.2) is 0 Å². The van der Waals surface area contributed by atoms with Crippen molar-refractivity contribution in [3.05, 3.63) is 71.4 Å². The molecule has 6 nitrogen and oxygen atoms in total. The number of nitrogens with zero attached hydrogens (tertiary/aromatic N) is 1. The molecule has 4 N–H and O–H groups in total. The molecule has 3 aromatic rings. The Balaban J connectivity index is 1.67. The number of H-pyrrole nitrogens is 1. The van der Waals surface area contributed by atoms with Crippen LogP contribution in [-0.4, -0.2) is 23.3 Å². The van der Waals surface area contributed by atoms with Crippen LogP contribution < -0.4 is 16.0 Å². The topological polar surface area (TPSA) is 91.2 Å². The Morgan fingerprint density at radius 3 is 2.42 bits per heavy atom. The first-order valence-electron chi connectivity index (χ1n) is 11.6. The third-order valence-electron chi connectivity index (χ3n) is 6.42. The summed E-state index contributed by atoms with van der Waals surface area (Å²) in [5, 5.41) is 2.83. The number of carbonyl (C=O) groups excluding carboxylic acids is 2. The standard InChI is InChI=1S/C27H32N4O2/c1-18-24(27(28)33)15-25(29-18)23-9-5-6-10-26(23)31(16-20-7-3-4-8-20)17-21-11-13-22(14-12-21)30-19(2)32/h5-6,9-15,20,29H,3-4,7-8,16-17H2,1-2H3,(H2,28,33)(H,30,32). The highest BCUT2D eigenvalue weighted by molar-refractivity contribution is 5.96. The summed E-state index contributed by atoms with van der Waals surface area (Å²) in [7, 11) is 0. The zero-order chi connectivity index (χ0) is 23.4. The van der Waals surface area contributed by atoms with Crippen LogP contribution in [-0.2, 0) is 11.3 Å². The molecule has 1 fully saturated rings. The van der Waals surface area contributed by atoms with E-state index in [1.807, 2.05) is 31.2 Å². The lowest BCUT2D eigenvalue weighted by atomic mass is 10.0. The van der Waals surface area contributed by atoms with Gasteiger partial charge in [0.05, 0.1) is 5.56 Å². The van der Waals surface area contributed by atoms with E-state index in [-0.39, 0.29) is 5.91 Å². The van der Waals surface area contributed by atoms with Crippen molar-refractivity contribution in [2.45, 2.75) is 46.1 Å². The Labute approximate surface area is 195 Å². The molecule has 1 aliphatic rings. The van der Waals surface area contributed by atoms with Crippen LogP contribution in [0.1, 0.15) is 54.2 Å². The Morgan fingerprint density at radius 2 is 1.79 bits per heavy atom. The summed E-state index contributed by atoms with van der Waals surface area (Å²) in [6.07, 6.45) is 5.11. The summed E-state index contributed by atoms with van der Waals surface area (Å²) in [5.41, 5.74) is 11.9. The number of aromatic nitrogens is 1. The summed E-state index contributed by atoms with van der Waals surface area (Å²) in [5.74, 6) is 0.175. The summed E-state index contributed by atoms with van der Waals surface area (Å²) in [6.45, 7) is 5.13. The van der Waals surface area contributed by atoms with Crippen molar-refractivity contribution in [2.75, 3.05) is 16.8 Å². The largest absolute Gasteiger partial charge is 0.366 e. The van der Waals surface area contributed by atoms with E-state index in [4.69, 9.17) is 5.73 Å². The number of nitrogens with one attached hydrogen (secondary N) is 2. The van der Waals surface area contributed by atoms with Crippen LogP contribution in [0.3, 0.4) is 0 Å². The summed E-state index contributed by atoms with van der Waals surface area (Å²) >= 11 is 0. The van der Waals surface area contributed by atoms with E-state index in [1.165, 1.54) is 38.2 Å². The van der Waals surface area contributed by atoms with Gasteiger partial charge in [-0.15, -0.1) is 0 Å².